The van der Waals surface area contributed by atoms with Crippen LogP contribution in [0.1, 0.15) is 45.2 Å². The molecule has 3 unspecified atom stereocenters. The first-order chi connectivity index (χ1) is 9.92. The maximum Gasteiger partial charge on any atom is 0.0438 e. The smallest absolute Gasteiger partial charge is 0.0438 e. The van der Waals surface area contributed by atoms with E-state index in [1.165, 1.54) is 23.2 Å². The number of nitrogens with zero attached hydrogens (tertiary/aromatic N) is 1. The molecule has 2 rings (SSSR count). The van der Waals surface area contributed by atoms with Crippen LogP contribution in [0.15, 0.2) is 18.2 Å². The lowest BCUT2D eigenvalue weighted by molar-refractivity contribution is 0.281. The molecule has 21 heavy (non-hydrogen) atoms. The van der Waals surface area contributed by atoms with E-state index in [9.17, 15) is 0 Å². The average Bonchev–Trinajstić information content (AvgIpc) is 2.44. The third-order valence-corrected chi connectivity index (χ3v) is 5.02. The van der Waals surface area contributed by atoms with Gasteiger partial charge in [0.25, 0.3) is 0 Å². The lowest BCUT2D eigenvalue weighted by Crippen LogP contribution is -2.60. The van der Waals surface area contributed by atoms with Gasteiger partial charge in [0.2, 0.25) is 0 Å². The van der Waals surface area contributed by atoms with Gasteiger partial charge in [0.15, 0.2) is 0 Å². The normalized spacial score (nSPS) is 24.4. The molecule has 2 heteroatoms. The van der Waals surface area contributed by atoms with Gasteiger partial charge in [-0.25, -0.2) is 0 Å². The van der Waals surface area contributed by atoms with Gasteiger partial charge in [-0.05, 0) is 48.9 Å². The molecule has 2 nitrogen and oxygen atoms in total. The maximum atomic E-state index is 3.79. The Labute approximate surface area is 130 Å². The Morgan fingerprint density at radius 2 is 1.76 bits per heavy atom. The molecule has 0 radical (unpaired) electrons. The lowest BCUT2D eigenvalue weighted by atomic mass is 9.91. The van der Waals surface area contributed by atoms with Crippen molar-refractivity contribution in [1.29, 1.82) is 0 Å². The first-order valence-electron chi connectivity index (χ1n) is 8.50. The molecule has 1 heterocycles. The molecule has 0 saturated carbocycles. The summed E-state index contributed by atoms with van der Waals surface area (Å²) in [7, 11) is 0. The summed E-state index contributed by atoms with van der Waals surface area (Å²) in [4.78, 5) is 2.65. The second kappa shape index (κ2) is 6.83. The van der Waals surface area contributed by atoms with Crippen molar-refractivity contribution in [3.8, 4) is 0 Å². The number of rotatable bonds is 4. The van der Waals surface area contributed by atoms with Gasteiger partial charge in [-0.1, -0.05) is 40.2 Å². The molecule has 0 aliphatic carbocycles. The van der Waals surface area contributed by atoms with Crippen molar-refractivity contribution in [1.82, 2.24) is 5.32 Å². The summed E-state index contributed by atoms with van der Waals surface area (Å²) in [5.74, 6) is 1.39. The molecular weight excluding hydrogens is 256 g/mol. The topological polar surface area (TPSA) is 15.3 Å². The summed E-state index contributed by atoms with van der Waals surface area (Å²) >= 11 is 0. The van der Waals surface area contributed by atoms with Crippen LogP contribution >= 0.6 is 0 Å². The highest BCUT2D eigenvalue weighted by atomic mass is 15.2. The van der Waals surface area contributed by atoms with Crippen LogP contribution in [-0.2, 0) is 0 Å². The summed E-state index contributed by atoms with van der Waals surface area (Å²) in [5, 5.41) is 3.79. The van der Waals surface area contributed by atoms with E-state index in [0.717, 1.165) is 19.0 Å². The fourth-order valence-corrected chi connectivity index (χ4v) is 3.47. The van der Waals surface area contributed by atoms with Crippen LogP contribution in [0.3, 0.4) is 0 Å². The van der Waals surface area contributed by atoms with Crippen LogP contribution in [0, 0.1) is 25.7 Å². The molecular formula is C19H32N2. The summed E-state index contributed by atoms with van der Waals surface area (Å²) in [6.45, 7) is 16.0. The van der Waals surface area contributed by atoms with Crippen molar-refractivity contribution in [2.45, 2.75) is 60.0 Å². The van der Waals surface area contributed by atoms with Crippen LogP contribution in [0.4, 0.5) is 5.69 Å². The quantitative estimate of drug-likeness (QED) is 0.895. The molecule has 0 spiro atoms. The predicted molar refractivity (Wildman–Crippen MR) is 93.1 cm³/mol. The van der Waals surface area contributed by atoms with Gasteiger partial charge in [0, 0.05) is 30.9 Å². The Bertz CT molecular complexity index is 446. The highest BCUT2D eigenvalue weighted by Crippen LogP contribution is 2.27. The second-order valence-corrected chi connectivity index (χ2v) is 7.21. The van der Waals surface area contributed by atoms with E-state index in [4.69, 9.17) is 0 Å². The molecule has 0 bridgehead atoms. The number of hydrogen-bond donors (Lipinski definition) is 1. The SMILES string of the molecule is CCC(C)C1CN(c2cc(C)cc(C)c2)C(C(C)C)CN1. The number of benzene rings is 1. The minimum Gasteiger partial charge on any atom is -0.365 e. The Balaban J connectivity index is 2.29. The highest BCUT2D eigenvalue weighted by Gasteiger charge is 2.31. The van der Waals surface area contributed by atoms with Crippen molar-refractivity contribution in [3.05, 3.63) is 29.3 Å². The van der Waals surface area contributed by atoms with Crippen molar-refractivity contribution in [2.75, 3.05) is 18.0 Å². The molecule has 1 aromatic carbocycles. The first-order valence-corrected chi connectivity index (χ1v) is 8.50. The fourth-order valence-electron chi connectivity index (χ4n) is 3.47. The molecule has 118 valence electrons. The van der Waals surface area contributed by atoms with Crippen molar-refractivity contribution in [3.63, 3.8) is 0 Å². The maximum absolute atomic E-state index is 3.79. The van der Waals surface area contributed by atoms with Gasteiger partial charge in [-0.3, -0.25) is 0 Å². The number of aryl methyl sites for hydroxylation is 2. The lowest BCUT2D eigenvalue weighted by Gasteiger charge is -2.45. The third kappa shape index (κ3) is 3.79. The average molecular weight is 288 g/mol. The Morgan fingerprint density at radius 3 is 2.29 bits per heavy atom. The van der Waals surface area contributed by atoms with E-state index >= 15 is 0 Å². The second-order valence-electron chi connectivity index (χ2n) is 7.21. The fraction of sp³-hybridized carbons (Fsp3) is 0.684. The van der Waals surface area contributed by atoms with Crippen molar-refractivity contribution >= 4 is 5.69 Å². The molecule has 1 aliphatic heterocycles. The first kappa shape index (κ1) is 16.4. The molecule has 3 atom stereocenters. The zero-order valence-corrected chi connectivity index (χ0v) is 14.6. The molecule has 0 aromatic heterocycles. The van der Waals surface area contributed by atoms with E-state index in [1.54, 1.807) is 0 Å². The van der Waals surface area contributed by atoms with Gasteiger partial charge >= 0.3 is 0 Å². The monoisotopic (exact) mass is 288 g/mol. The predicted octanol–water partition coefficient (Wildman–Crippen LogP) is 4.15. The third-order valence-electron chi connectivity index (χ3n) is 5.02. The summed E-state index contributed by atoms with van der Waals surface area (Å²) < 4.78 is 0. The minimum absolute atomic E-state index is 0.589. The van der Waals surface area contributed by atoms with E-state index < -0.39 is 0 Å². The summed E-state index contributed by atoms with van der Waals surface area (Å²) in [5.41, 5.74) is 4.14. The van der Waals surface area contributed by atoms with Crippen molar-refractivity contribution in [2.24, 2.45) is 11.8 Å². The van der Waals surface area contributed by atoms with Crippen LogP contribution in [0.2, 0.25) is 0 Å². The minimum atomic E-state index is 0.589. The van der Waals surface area contributed by atoms with E-state index in [0.29, 0.717) is 18.0 Å². The Kier molecular flexibility index (Phi) is 5.32. The van der Waals surface area contributed by atoms with Gasteiger partial charge in [-0.2, -0.15) is 0 Å². The van der Waals surface area contributed by atoms with Gasteiger partial charge in [0.05, 0.1) is 0 Å². The number of nitrogens with one attached hydrogen (secondary N) is 1. The Hall–Kier alpha value is -1.02. The summed E-state index contributed by atoms with van der Waals surface area (Å²) in [6, 6.07) is 8.16. The number of piperazine rings is 1. The van der Waals surface area contributed by atoms with Gasteiger partial charge in [0.1, 0.15) is 0 Å². The summed E-state index contributed by atoms with van der Waals surface area (Å²) in [6.07, 6.45) is 1.24. The van der Waals surface area contributed by atoms with Crippen LogP contribution in [-0.4, -0.2) is 25.2 Å². The van der Waals surface area contributed by atoms with Crippen LogP contribution in [0.5, 0.6) is 0 Å². The van der Waals surface area contributed by atoms with E-state index in [1.807, 2.05) is 0 Å². The van der Waals surface area contributed by atoms with Gasteiger partial charge < -0.3 is 10.2 Å². The van der Waals surface area contributed by atoms with E-state index in [-0.39, 0.29) is 0 Å². The largest absolute Gasteiger partial charge is 0.365 e. The molecule has 1 N–H and O–H groups in total. The van der Waals surface area contributed by atoms with Crippen LogP contribution in [0.25, 0.3) is 0 Å². The molecule has 1 fully saturated rings. The Morgan fingerprint density at radius 1 is 1.14 bits per heavy atom. The van der Waals surface area contributed by atoms with Gasteiger partial charge in [-0.15, -0.1) is 0 Å². The molecule has 0 amide bonds. The highest BCUT2D eigenvalue weighted by molar-refractivity contribution is 5.52. The van der Waals surface area contributed by atoms with Crippen LogP contribution < -0.4 is 10.2 Å². The number of anilines is 1. The molecule has 1 aliphatic rings. The van der Waals surface area contributed by atoms with Crippen molar-refractivity contribution < 1.29 is 0 Å². The zero-order valence-electron chi connectivity index (χ0n) is 14.6. The van der Waals surface area contributed by atoms with E-state index in [2.05, 4.69) is 70.0 Å². The standard InChI is InChI=1S/C19H32N2/c1-7-16(6)18-12-21(19(11-20-18)13(2)3)17-9-14(4)8-15(5)10-17/h8-10,13,16,18-20H,7,11-12H2,1-6H3. The number of hydrogen-bond acceptors (Lipinski definition) is 2. The molecule has 1 saturated heterocycles. The molecule has 1 aromatic rings. The zero-order chi connectivity index (χ0) is 15.6.